The van der Waals surface area contributed by atoms with E-state index in [4.69, 9.17) is 5.26 Å². The van der Waals surface area contributed by atoms with Crippen molar-refractivity contribution in [1.82, 2.24) is 10.2 Å². The van der Waals surface area contributed by atoms with Gasteiger partial charge in [0.05, 0.1) is 6.07 Å². The fourth-order valence-corrected chi connectivity index (χ4v) is 3.14. The second-order valence-corrected chi connectivity index (χ2v) is 5.87. The number of hydrogen-bond donors (Lipinski definition) is 1. The highest BCUT2D eigenvalue weighted by Gasteiger charge is 2.48. The number of amides is 1. The van der Waals surface area contributed by atoms with Gasteiger partial charge in [0.1, 0.15) is 5.41 Å². The van der Waals surface area contributed by atoms with E-state index in [0.717, 1.165) is 32.5 Å². The summed E-state index contributed by atoms with van der Waals surface area (Å²) < 4.78 is 0. The number of hydrogen-bond acceptors (Lipinski definition) is 3. The molecule has 2 rings (SSSR count). The van der Waals surface area contributed by atoms with Crippen LogP contribution in [0.2, 0.25) is 0 Å². The van der Waals surface area contributed by atoms with Gasteiger partial charge in [-0.15, -0.1) is 0 Å². The van der Waals surface area contributed by atoms with Crippen LogP contribution in [0.25, 0.3) is 0 Å². The summed E-state index contributed by atoms with van der Waals surface area (Å²) in [5, 5.41) is 12.1. The summed E-state index contributed by atoms with van der Waals surface area (Å²) in [6.45, 7) is 5.99. The number of nitrogens with one attached hydrogen (secondary N) is 1. The molecule has 1 amide bonds. The van der Waals surface area contributed by atoms with Crippen LogP contribution in [-0.2, 0) is 4.79 Å². The van der Waals surface area contributed by atoms with Crippen LogP contribution in [0.15, 0.2) is 0 Å². The third-order valence-electron chi connectivity index (χ3n) is 4.20. The lowest BCUT2D eigenvalue weighted by atomic mass is 9.63. The summed E-state index contributed by atoms with van der Waals surface area (Å²) in [5.41, 5.74) is -0.721. The maximum atomic E-state index is 12.0. The van der Waals surface area contributed by atoms with Crippen LogP contribution in [0.4, 0.5) is 0 Å². The Kier molecular flexibility index (Phi) is 4.23. The van der Waals surface area contributed by atoms with E-state index in [0.29, 0.717) is 12.5 Å². The van der Waals surface area contributed by atoms with E-state index in [-0.39, 0.29) is 5.91 Å². The minimum absolute atomic E-state index is 0.0555. The normalized spacial score (nSPS) is 32.3. The Hall–Kier alpha value is -1.08. The van der Waals surface area contributed by atoms with Crippen molar-refractivity contribution in [2.24, 2.45) is 11.3 Å². The van der Waals surface area contributed by atoms with Crippen molar-refractivity contribution in [3.8, 4) is 6.07 Å². The number of nitriles is 1. The van der Waals surface area contributed by atoms with Gasteiger partial charge >= 0.3 is 0 Å². The van der Waals surface area contributed by atoms with Gasteiger partial charge in [-0.1, -0.05) is 13.3 Å². The summed E-state index contributed by atoms with van der Waals surface area (Å²) in [7, 11) is 0. The maximum absolute atomic E-state index is 12.0. The molecule has 0 aromatic heterocycles. The molecule has 1 saturated carbocycles. The van der Waals surface area contributed by atoms with Crippen molar-refractivity contribution < 1.29 is 4.79 Å². The largest absolute Gasteiger partial charge is 0.353 e. The maximum Gasteiger partial charge on any atom is 0.240 e. The minimum atomic E-state index is -0.721. The molecule has 0 radical (unpaired) electrons. The average molecular weight is 249 g/mol. The van der Waals surface area contributed by atoms with Gasteiger partial charge in [0.2, 0.25) is 5.91 Å². The molecule has 1 N–H and O–H groups in total. The second kappa shape index (κ2) is 5.71. The predicted molar refractivity (Wildman–Crippen MR) is 69.7 cm³/mol. The molecule has 2 fully saturated rings. The van der Waals surface area contributed by atoms with Crippen molar-refractivity contribution in [1.29, 1.82) is 5.26 Å². The van der Waals surface area contributed by atoms with E-state index in [1.165, 1.54) is 19.3 Å². The van der Waals surface area contributed by atoms with Crippen molar-refractivity contribution in [3.05, 3.63) is 0 Å². The Morgan fingerprint density at radius 2 is 2.06 bits per heavy atom. The van der Waals surface area contributed by atoms with Gasteiger partial charge in [0.15, 0.2) is 0 Å². The molecule has 2 aliphatic rings. The van der Waals surface area contributed by atoms with E-state index in [9.17, 15) is 4.79 Å². The van der Waals surface area contributed by atoms with Crippen LogP contribution in [0.3, 0.4) is 0 Å². The highest BCUT2D eigenvalue weighted by atomic mass is 16.2. The Balaban J connectivity index is 1.70. The van der Waals surface area contributed by atoms with Crippen LogP contribution in [0.1, 0.15) is 39.0 Å². The van der Waals surface area contributed by atoms with Crippen molar-refractivity contribution in [2.75, 3.05) is 26.2 Å². The summed E-state index contributed by atoms with van der Waals surface area (Å²) in [5.74, 6) is 0.456. The first-order valence-corrected chi connectivity index (χ1v) is 7.08. The molecule has 0 aromatic rings. The second-order valence-electron chi connectivity index (χ2n) is 5.87. The van der Waals surface area contributed by atoms with E-state index in [1.807, 2.05) is 0 Å². The summed E-state index contributed by atoms with van der Waals surface area (Å²) >= 11 is 0. The molecule has 4 heteroatoms. The van der Waals surface area contributed by atoms with Gasteiger partial charge in [0, 0.05) is 13.1 Å². The van der Waals surface area contributed by atoms with Gasteiger partial charge in [-0.25, -0.2) is 0 Å². The number of carbonyl (C=O) groups is 1. The van der Waals surface area contributed by atoms with E-state index in [1.54, 1.807) is 0 Å². The molecule has 0 bridgehead atoms. The summed E-state index contributed by atoms with van der Waals surface area (Å²) in [6.07, 6.45) is 5.32. The average Bonchev–Trinajstić information content (AvgIpc) is 2.36. The van der Waals surface area contributed by atoms with Crippen LogP contribution in [-0.4, -0.2) is 37.0 Å². The SMILES string of the molecule is CC1CC(C#N)(C(=O)NCCN2CCCCC2)C1. The van der Waals surface area contributed by atoms with Crippen LogP contribution in [0, 0.1) is 22.7 Å². The fraction of sp³-hybridized carbons (Fsp3) is 0.857. The summed E-state index contributed by atoms with van der Waals surface area (Å²) in [6, 6.07) is 2.21. The van der Waals surface area contributed by atoms with Gasteiger partial charge in [-0.2, -0.15) is 5.26 Å². The first-order valence-electron chi connectivity index (χ1n) is 7.08. The number of nitrogens with zero attached hydrogens (tertiary/aromatic N) is 2. The van der Waals surface area contributed by atoms with Crippen LogP contribution >= 0.6 is 0 Å². The number of piperidine rings is 1. The molecule has 0 spiro atoms. The molecule has 1 saturated heterocycles. The Labute approximate surface area is 109 Å². The fourth-order valence-electron chi connectivity index (χ4n) is 3.14. The lowest BCUT2D eigenvalue weighted by molar-refractivity contribution is -0.134. The quantitative estimate of drug-likeness (QED) is 0.822. The first-order chi connectivity index (χ1) is 8.66. The van der Waals surface area contributed by atoms with Gasteiger partial charge < -0.3 is 10.2 Å². The molecule has 1 aliphatic heterocycles. The number of rotatable bonds is 4. The highest BCUT2D eigenvalue weighted by Crippen LogP contribution is 2.44. The minimum Gasteiger partial charge on any atom is -0.353 e. The number of carbonyl (C=O) groups excluding carboxylic acids is 1. The number of likely N-dealkylation sites (tertiary alicyclic amines) is 1. The molecule has 1 aliphatic carbocycles. The molecule has 0 unspecified atom stereocenters. The zero-order chi connectivity index (χ0) is 13.0. The van der Waals surface area contributed by atoms with Crippen LogP contribution in [0.5, 0.6) is 0 Å². The van der Waals surface area contributed by atoms with Gasteiger partial charge in [-0.05, 0) is 44.7 Å². The molecule has 0 atom stereocenters. The lowest BCUT2D eigenvalue weighted by Crippen LogP contribution is -2.49. The third-order valence-corrected chi connectivity index (χ3v) is 4.20. The standard InChI is InChI=1S/C14H23N3O/c1-12-9-14(10-12,11-15)13(18)16-5-8-17-6-3-2-4-7-17/h12H,2-10H2,1H3,(H,16,18). The van der Waals surface area contributed by atoms with Crippen molar-refractivity contribution in [2.45, 2.75) is 39.0 Å². The van der Waals surface area contributed by atoms with Crippen molar-refractivity contribution >= 4 is 5.91 Å². The monoisotopic (exact) mass is 249 g/mol. The zero-order valence-corrected chi connectivity index (χ0v) is 11.2. The van der Waals surface area contributed by atoms with Gasteiger partial charge in [0.25, 0.3) is 0 Å². The van der Waals surface area contributed by atoms with E-state index >= 15 is 0 Å². The summed E-state index contributed by atoms with van der Waals surface area (Å²) in [4.78, 5) is 14.4. The Bertz CT molecular complexity index is 335. The highest BCUT2D eigenvalue weighted by molar-refractivity contribution is 5.86. The predicted octanol–water partition coefficient (Wildman–Crippen LogP) is 1.53. The van der Waals surface area contributed by atoms with E-state index in [2.05, 4.69) is 23.2 Å². The molecule has 18 heavy (non-hydrogen) atoms. The first kappa shape index (κ1) is 13.4. The topological polar surface area (TPSA) is 56.1 Å². The third kappa shape index (κ3) is 2.84. The Morgan fingerprint density at radius 1 is 1.39 bits per heavy atom. The molecular weight excluding hydrogens is 226 g/mol. The smallest absolute Gasteiger partial charge is 0.240 e. The lowest BCUT2D eigenvalue weighted by Gasteiger charge is -2.39. The van der Waals surface area contributed by atoms with E-state index < -0.39 is 5.41 Å². The van der Waals surface area contributed by atoms with Gasteiger partial charge in [-0.3, -0.25) is 4.79 Å². The molecular formula is C14H23N3O. The zero-order valence-electron chi connectivity index (χ0n) is 11.2. The Morgan fingerprint density at radius 3 is 2.61 bits per heavy atom. The molecule has 1 heterocycles. The van der Waals surface area contributed by atoms with Crippen molar-refractivity contribution in [3.63, 3.8) is 0 Å². The molecule has 100 valence electrons. The molecule has 0 aromatic carbocycles. The molecule has 4 nitrogen and oxygen atoms in total. The van der Waals surface area contributed by atoms with Crippen LogP contribution < -0.4 is 5.32 Å².